The third-order valence-corrected chi connectivity index (χ3v) is 8.16. The second-order valence-electron chi connectivity index (χ2n) is 9.52. The molecule has 2 fully saturated rings. The molecule has 2 amide bonds. The topological polar surface area (TPSA) is 107 Å². The van der Waals surface area contributed by atoms with E-state index in [0.717, 1.165) is 44.5 Å². The van der Waals surface area contributed by atoms with Crippen LogP contribution < -0.4 is 16.6 Å². The lowest BCUT2D eigenvalue weighted by atomic mass is 9.81. The number of fused-ring (bicyclic) bond motifs is 1. The number of aromatic nitrogens is 2. The summed E-state index contributed by atoms with van der Waals surface area (Å²) in [5.41, 5.74) is -0.180. The molecule has 0 unspecified atom stereocenters. The molecule has 0 atom stereocenters. The van der Waals surface area contributed by atoms with Crippen LogP contribution in [-0.2, 0) is 29.2 Å². The van der Waals surface area contributed by atoms with Gasteiger partial charge in [0.2, 0.25) is 11.8 Å². The van der Waals surface area contributed by atoms with Gasteiger partial charge in [-0.25, -0.2) is 4.79 Å². The number of carbonyl (C=O) groups is 2. The number of thiophene rings is 1. The van der Waals surface area contributed by atoms with Crippen LogP contribution >= 0.6 is 11.3 Å². The van der Waals surface area contributed by atoms with Crippen LogP contribution in [0.25, 0.3) is 10.2 Å². The lowest BCUT2D eigenvalue weighted by molar-refractivity contribution is -0.130. The second-order valence-corrected chi connectivity index (χ2v) is 10.4. The molecular weight excluding hydrogens is 468 g/mol. The maximum atomic E-state index is 13.4. The van der Waals surface area contributed by atoms with E-state index in [9.17, 15) is 19.2 Å². The normalized spacial score (nSPS) is 20.4. The van der Waals surface area contributed by atoms with Gasteiger partial charge in [-0.05, 0) is 68.0 Å². The van der Waals surface area contributed by atoms with Crippen LogP contribution in [0.2, 0.25) is 0 Å². The Bertz CT molecular complexity index is 1310. The van der Waals surface area contributed by atoms with E-state index in [2.05, 4.69) is 5.32 Å². The quantitative estimate of drug-likeness (QED) is 0.539. The molecule has 0 spiro atoms. The number of carbonyl (C=O) groups excluding carboxylic acids is 2. The summed E-state index contributed by atoms with van der Waals surface area (Å²) in [5.74, 6) is 0.708. The van der Waals surface area contributed by atoms with E-state index >= 15 is 0 Å². The molecule has 3 aromatic rings. The Morgan fingerprint density at radius 2 is 1.83 bits per heavy atom. The maximum absolute atomic E-state index is 13.4. The highest BCUT2D eigenvalue weighted by atomic mass is 32.1. The zero-order chi connectivity index (χ0) is 24.4. The van der Waals surface area contributed by atoms with Crippen molar-refractivity contribution in [2.75, 3.05) is 13.1 Å². The van der Waals surface area contributed by atoms with Crippen molar-refractivity contribution < 1.29 is 14.0 Å². The molecule has 4 heterocycles. The van der Waals surface area contributed by atoms with E-state index in [1.807, 2.05) is 6.07 Å². The Balaban J connectivity index is 1.27. The fourth-order valence-corrected chi connectivity index (χ4v) is 6.09. The largest absolute Gasteiger partial charge is 0.467 e. The van der Waals surface area contributed by atoms with Crippen LogP contribution in [0.5, 0.6) is 0 Å². The molecule has 35 heavy (non-hydrogen) atoms. The zero-order valence-electron chi connectivity index (χ0n) is 19.6. The Morgan fingerprint density at radius 3 is 2.54 bits per heavy atom. The fourth-order valence-electron chi connectivity index (χ4n) is 5.25. The first-order valence-corrected chi connectivity index (χ1v) is 13.2. The highest BCUT2D eigenvalue weighted by Gasteiger charge is 2.28. The van der Waals surface area contributed by atoms with E-state index in [1.165, 1.54) is 20.5 Å². The number of nitrogens with zero attached hydrogens (tertiary/aromatic N) is 3. The molecule has 0 bridgehead atoms. The molecule has 0 aromatic carbocycles. The van der Waals surface area contributed by atoms with Gasteiger partial charge in [-0.15, -0.1) is 11.3 Å². The van der Waals surface area contributed by atoms with Crippen molar-refractivity contribution in [3.8, 4) is 0 Å². The summed E-state index contributed by atoms with van der Waals surface area (Å²) < 4.78 is 8.53. The minimum atomic E-state index is -0.424. The van der Waals surface area contributed by atoms with Gasteiger partial charge in [0.05, 0.1) is 18.3 Å². The average molecular weight is 499 g/mol. The van der Waals surface area contributed by atoms with Gasteiger partial charge in [-0.1, -0.05) is 0 Å². The number of likely N-dealkylation sites (tertiary alicyclic amines) is 1. The number of hydrogen-bond acceptors (Lipinski definition) is 6. The summed E-state index contributed by atoms with van der Waals surface area (Å²) >= 11 is 1.30. The number of furan rings is 1. The van der Waals surface area contributed by atoms with E-state index in [0.29, 0.717) is 36.1 Å². The highest BCUT2D eigenvalue weighted by molar-refractivity contribution is 7.17. The van der Waals surface area contributed by atoms with Crippen molar-refractivity contribution in [1.29, 1.82) is 0 Å². The molecule has 0 radical (unpaired) electrons. The van der Waals surface area contributed by atoms with Gasteiger partial charge in [-0.2, -0.15) is 0 Å². The van der Waals surface area contributed by atoms with Crippen LogP contribution in [-0.4, -0.2) is 38.9 Å². The first-order chi connectivity index (χ1) is 17.0. The molecule has 1 N–H and O–H groups in total. The van der Waals surface area contributed by atoms with Crippen LogP contribution in [0, 0.1) is 11.8 Å². The van der Waals surface area contributed by atoms with Gasteiger partial charge in [0.15, 0.2) is 0 Å². The molecule has 2 aliphatic rings. The van der Waals surface area contributed by atoms with Crippen LogP contribution in [0.1, 0.15) is 44.3 Å². The average Bonchev–Trinajstić information content (AvgIpc) is 3.66. The number of amides is 2. The summed E-state index contributed by atoms with van der Waals surface area (Å²) in [5, 5.41) is 4.72. The molecule has 1 saturated heterocycles. The summed E-state index contributed by atoms with van der Waals surface area (Å²) in [6.45, 7) is 2.08. The number of nitrogens with one attached hydrogen (secondary N) is 1. The SMILES string of the molecule is O=C(NCc1ccco1)C1CCC(Cn2c(=O)c3sccc3n(CC(=O)N3CCCC3)c2=O)CC1. The first kappa shape index (κ1) is 23.6. The molecule has 1 aliphatic carbocycles. The van der Waals surface area contributed by atoms with Crippen molar-refractivity contribution in [2.45, 2.75) is 58.2 Å². The predicted octanol–water partition coefficient (Wildman–Crippen LogP) is 2.56. The van der Waals surface area contributed by atoms with Gasteiger partial charge < -0.3 is 14.6 Å². The van der Waals surface area contributed by atoms with Crippen molar-refractivity contribution in [2.24, 2.45) is 11.8 Å². The van der Waals surface area contributed by atoms with Gasteiger partial charge in [0.25, 0.3) is 5.56 Å². The first-order valence-electron chi connectivity index (χ1n) is 12.3. The minimum absolute atomic E-state index is 0.0137. The van der Waals surface area contributed by atoms with Gasteiger partial charge in [0.1, 0.15) is 17.0 Å². The summed E-state index contributed by atoms with van der Waals surface area (Å²) in [6, 6.07) is 5.36. The minimum Gasteiger partial charge on any atom is -0.467 e. The second kappa shape index (κ2) is 10.2. The molecule has 1 aliphatic heterocycles. The van der Waals surface area contributed by atoms with Crippen molar-refractivity contribution in [3.63, 3.8) is 0 Å². The molecule has 1 saturated carbocycles. The molecule has 10 heteroatoms. The molecule has 9 nitrogen and oxygen atoms in total. The van der Waals surface area contributed by atoms with E-state index < -0.39 is 5.69 Å². The molecule has 186 valence electrons. The Morgan fingerprint density at radius 1 is 1.06 bits per heavy atom. The van der Waals surface area contributed by atoms with Gasteiger partial charge in [0, 0.05) is 25.6 Å². The van der Waals surface area contributed by atoms with Crippen molar-refractivity contribution >= 4 is 33.4 Å². The van der Waals surface area contributed by atoms with Crippen LogP contribution in [0.4, 0.5) is 0 Å². The molecule has 3 aromatic heterocycles. The smallest absolute Gasteiger partial charge is 0.332 e. The fraction of sp³-hybridized carbons (Fsp3) is 0.520. The third-order valence-electron chi connectivity index (χ3n) is 7.26. The highest BCUT2D eigenvalue weighted by Crippen LogP contribution is 2.30. The number of hydrogen-bond donors (Lipinski definition) is 1. The van der Waals surface area contributed by atoms with Gasteiger partial charge in [-0.3, -0.25) is 23.5 Å². The number of rotatable bonds is 7. The summed E-state index contributed by atoms with van der Waals surface area (Å²) in [4.78, 5) is 53.6. The molecular formula is C25H30N4O5S. The Labute approximate surface area is 206 Å². The van der Waals surface area contributed by atoms with E-state index in [1.54, 1.807) is 28.7 Å². The monoisotopic (exact) mass is 498 g/mol. The van der Waals surface area contributed by atoms with Crippen LogP contribution in [0.3, 0.4) is 0 Å². The van der Waals surface area contributed by atoms with Crippen LogP contribution in [0.15, 0.2) is 43.8 Å². The predicted molar refractivity (Wildman–Crippen MR) is 132 cm³/mol. The lowest BCUT2D eigenvalue weighted by Crippen LogP contribution is -2.44. The zero-order valence-corrected chi connectivity index (χ0v) is 20.4. The summed E-state index contributed by atoms with van der Waals surface area (Å²) in [6.07, 6.45) is 6.51. The van der Waals surface area contributed by atoms with Crippen molar-refractivity contribution in [1.82, 2.24) is 19.4 Å². The summed E-state index contributed by atoms with van der Waals surface area (Å²) in [7, 11) is 0. The third kappa shape index (κ3) is 4.98. The van der Waals surface area contributed by atoms with E-state index in [-0.39, 0.29) is 35.8 Å². The molecule has 5 rings (SSSR count). The Hall–Kier alpha value is -3.14. The lowest BCUT2D eigenvalue weighted by Gasteiger charge is -2.28. The standard InChI is InChI=1S/C25H30N4O5S/c30-21(27-10-1-2-11-27)16-28-20-9-13-35-22(20)24(32)29(25(28)33)15-17-5-7-18(8-6-17)23(31)26-14-19-4-3-12-34-19/h3-4,9,12-13,17-18H,1-2,5-8,10-11,14-16H2,(H,26,31). The Kier molecular flexibility index (Phi) is 6.90. The maximum Gasteiger partial charge on any atom is 0.332 e. The van der Waals surface area contributed by atoms with Gasteiger partial charge >= 0.3 is 5.69 Å². The van der Waals surface area contributed by atoms with Crippen molar-refractivity contribution in [3.05, 3.63) is 56.4 Å². The van der Waals surface area contributed by atoms with E-state index in [4.69, 9.17) is 4.42 Å².